The van der Waals surface area contributed by atoms with E-state index in [-0.39, 0.29) is 0 Å². The van der Waals surface area contributed by atoms with Crippen LogP contribution in [0.3, 0.4) is 0 Å². The van der Waals surface area contributed by atoms with E-state index in [0.29, 0.717) is 5.41 Å². The molecule has 19 heavy (non-hydrogen) atoms. The van der Waals surface area contributed by atoms with Gasteiger partial charge in [0.1, 0.15) is 0 Å². The molecule has 0 nitrogen and oxygen atoms in total. The number of hydrogen-bond acceptors (Lipinski definition) is 0. The quantitative estimate of drug-likeness (QED) is 0.615. The summed E-state index contributed by atoms with van der Waals surface area (Å²) in [6.07, 6.45) is 9.81. The summed E-state index contributed by atoms with van der Waals surface area (Å²) in [6, 6.07) is 8.98. The Hall–Kier alpha value is -1.56. The molecule has 0 saturated heterocycles. The summed E-state index contributed by atoms with van der Waals surface area (Å²) >= 11 is 0. The number of fused-ring (bicyclic) bond motifs is 2. The molecule has 0 heterocycles. The Morgan fingerprint density at radius 2 is 1.89 bits per heavy atom. The van der Waals surface area contributed by atoms with E-state index in [4.69, 9.17) is 0 Å². The van der Waals surface area contributed by atoms with Crippen molar-refractivity contribution in [2.75, 3.05) is 0 Å². The van der Waals surface area contributed by atoms with Crippen molar-refractivity contribution in [2.45, 2.75) is 44.9 Å². The molecule has 0 amide bonds. The highest BCUT2D eigenvalue weighted by molar-refractivity contribution is 5.81. The molecule has 0 atom stereocenters. The molecule has 1 aromatic rings. The van der Waals surface area contributed by atoms with E-state index in [1.54, 1.807) is 5.56 Å². The Balaban J connectivity index is 2.16. The van der Waals surface area contributed by atoms with Crippen molar-refractivity contribution in [1.29, 1.82) is 0 Å². The molecular formula is C19H22. The lowest BCUT2D eigenvalue weighted by molar-refractivity contribution is 0.545. The van der Waals surface area contributed by atoms with Gasteiger partial charge in [-0.25, -0.2) is 0 Å². The van der Waals surface area contributed by atoms with Gasteiger partial charge in [0, 0.05) is 5.41 Å². The number of allylic oxidation sites excluding steroid dienone is 5. The van der Waals surface area contributed by atoms with Crippen molar-refractivity contribution in [3.63, 3.8) is 0 Å². The first-order chi connectivity index (χ1) is 9.15. The Kier molecular flexibility index (Phi) is 2.97. The molecule has 0 aliphatic heterocycles. The third-order valence-corrected chi connectivity index (χ3v) is 4.76. The highest BCUT2D eigenvalue weighted by Crippen LogP contribution is 2.55. The molecule has 98 valence electrons. The van der Waals surface area contributed by atoms with Crippen molar-refractivity contribution in [3.05, 3.63) is 65.3 Å². The smallest absolute Gasteiger partial charge is 0.0211 e. The average molecular weight is 250 g/mol. The van der Waals surface area contributed by atoms with Gasteiger partial charge in [-0.3, -0.25) is 0 Å². The summed E-state index contributed by atoms with van der Waals surface area (Å²) in [5, 5.41) is 0. The molecule has 0 aromatic heterocycles. The third kappa shape index (κ3) is 1.82. The molecule has 1 aromatic carbocycles. The monoisotopic (exact) mass is 250 g/mol. The van der Waals surface area contributed by atoms with Crippen LogP contribution >= 0.6 is 0 Å². The van der Waals surface area contributed by atoms with Crippen molar-refractivity contribution < 1.29 is 0 Å². The van der Waals surface area contributed by atoms with E-state index in [0.717, 1.165) is 5.57 Å². The summed E-state index contributed by atoms with van der Waals surface area (Å²) < 4.78 is 0. The molecule has 1 spiro atoms. The minimum Gasteiger partial charge on any atom is -0.0961 e. The van der Waals surface area contributed by atoms with E-state index in [2.05, 4.69) is 56.8 Å². The lowest BCUT2D eigenvalue weighted by Gasteiger charge is -2.27. The lowest BCUT2D eigenvalue weighted by Crippen LogP contribution is -2.21. The predicted molar refractivity (Wildman–Crippen MR) is 83.1 cm³/mol. The summed E-state index contributed by atoms with van der Waals surface area (Å²) in [6.45, 7) is 8.34. The van der Waals surface area contributed by atoms with Gasteiger partial charge >= 0.3 is 0 Å². The second-order valence-electron chi connectivity index (χ2n) is 6.05. The van der Waals surface area contributed by atoms with Crippen LogP contribution in [0.15, 0.2) is 54.1 Å². The zero-order valence-electron chi connectivity index (χ0n) is 12.0. The maximum Gasteiger partial charge on any atom is 0.0211 e. The second-order valence-corrected chi connectivity index (χ2v) is 6.05. The van der Waals surface area contributed by atoms with Gasteiger partial charge in [0.25, 0.3) is 0 Å². The zero-order chi connectivity index (χ0) is 13.5. The van der Waals surface area contributed by atoms with E-state index in [9.17, 15) is 0 Å². The van der Waals surface area contributed by atoms with Crippen LogP contribution in [-0.2, 0) is 5.41 Å². The van der Waals surface area contributed by atoms with Crippen LogP contribution in [0.5, 0.6) is 0 Å². The van der Waals surface area contributed by atoms with Crippen LogP contribution in [0.25, 0.3) is 5.57 Å². The maximum absolute atomic E-state index is 4.00. The summed E-state index contributed by atoms with van der Waals surface area (Å²) in [4.78, 5) is 0. The molecule has 2 aliphatic carbocycles. The minimum atomic E-state index is 0.298. The minimum absolute atomic E-state index is 0.298. The Labute approximate surface area is 116 Å². The first kappa shape index (κ1) is 12.5. The van der Waals surface area contributed by atoms with Crippen molar-refractivity contribution >= 4 is 5.57 Å². The van der Waals surface area contributed by atoms with Crippen LogP contribution in [-0.4, -0.2) is 0 Å². The van der Waals surface area contributed by atoms with Gasteiger partial charge in [-0.1, -0.05) is 61.4 Å². The van der Waals surface area contributed by atoms with Gasteiger partial charge in [0.2, 0.25) is 0 Å². The van der Waals surface area contributed by atoms with Gasteiger partial charge in [0.15, 0.2) is 0 Å². The maximum atomic E-state index is 4.00. The zero-order valence-corrected chi connectivity index (χ0v) is 12.0. The fraction of sp³-hybridized carbons (Fsp3) is 0.368. The highest BCUT2D eigenvalue weighted by Gasteiger charge is 2.44. The highest BCUT2D eigenvalue weighted by atomic mass is 14.5. The standard InChI is InChI=1S/C19H22/c1-14(2)10-11-17-15(3)16-8-4-5-9-18(16)19(17)12-6-7-13-19/h4-5,8-11H,1,6-7,12-13H2,2-3H3. The molecular weight excluding hydrogens is 228 g/mol. The first-order valence-corrected chi connectivity index (χ1v) is 7.30. The summed E-state index contributed by atoms with van der Waals surface area (Å²) in [5.41, 5.74) is 7.46. The summed E-state index contributed by atoms with van der Waals surface area (Å²) in [5.74, 6) is 0. The largest absolute Gasteiger partial charge is 0.0961 e. The average Bonchev–Trinajstić information content (AvgIpc) is 2.96. The van der Waals surface area contributed by atoms with E-state index < -0.39 is 0 Å². The number of benzene rings is 1. The Morgan fingerprint density at radius 3 is 2.58 bits per heavy atom. The molecule has 2 aliphatic rings. The van der Waals surface area contributed by atoms with Crippen molar-refractivity contribution in [3.8, 4) is 0 Å². The Bertz CT molecular complexity index is 578. The first-order valence-electron chi connectivity index (χ1n) is 7.30. The predicted octanol–water partition coefficient (Wildman–Crippen LogP) is 5.42. The fourth-order valence-electron chi connectivity index (χ4n) is 3.90. The third-order valence-electron chi connectivity index (χ3n) is 4.76. The van der Waals surface area contributed by atoms with Crippen LogP contribution in [0, 0.1) is 0 Å². The lowest BCUT2D eigenvalue weighted by atomic mass is 9.75. The molecule has 0 N–H and O–H groups in total. The van der Waals surface area contributed by atoms with Gasteiger partial charge < -0.3 is 0 Å². The van der Waals surface area contributed by atoms with Crippen LogP contribution in [0.4, 0.5) is 0 Å². The number of rotatable bonds is 2. The molecule has 0 heteroatoms. The molecule has 3 rings (SSSR count). The molecule has 0 unspecified atom stereocenters. The fourth-order valence-corrected chi connectivity index (χ4v) is 3.90. The van der Waals surface area contributed by atoms with E-state index >= 15 is 0 Å². The van der Waals surface area contributed by atoms with Gasteiger partial charge in [-0.05, 0) is 49.0 Å². The molecule has 0 bridgehead atoms. The normalized spacial score (nSPS) is 20.5. The van der Waals surface area contributed by atoms with E-state index in [1.165, 1.54) is 42.4 Å². The molecule has 1 saturated carbocycles. The van der Waals surface area contributed by atoms with Crippen LogP contribution in [0.2, 0.25) is 0 Å². The van der Waals surface area contributed by atoms with Crippen LogP contribution < -0.4 is 0 Å². The van der Waals surface area contributed by atoms with E-state index in [1.807, 2.05) is 0 Å². The SMILES string of the molecule is C=C(C)C=CC1=C(C)c2ccccc2C12CCCC2. The second kappa shape index (κ2) is 4.52. The Morgan fingerprint density at radius 1 is 1.21 bits per heavy atom. The topological polar surface area (TPSA) is 0 Å². The van der Waals surface area contributed by atoms with Gasteiger partial charge in [0.05, 0.1) is 0 Å². The number of hydrogen-bond donors (Lipinski definition) is 0. The molecule has 0 radical (unpaired) electrons. The molecule has 1 fully saturated rings. The van der Waals surface area contributed by atoms with Crippen molar-refractivity contribution in [1.82, 2.24) is 0 Å². The van der Waals surface area contributed by atoms with Crippen LogP contribution in [0.1, 0.15) is 50.7 Å². The van der Waals surface area contributed by atoms with Crippen molar-refractivity contribution in [2.24, 2.45) is 0 Å². The van der Waals surface area contributed by atoms with Gasteiger partial charge in [-0.15, -0.1) is 0 Å². The van der Waals surface area contributed by atoms with Gasteiger partial charge in [-0.2, -0.15) is 0 Å². The summed E-state index contributed by atoms with van der Waals surface area (Å²) in [7, 11) is 0.